The lowest BCUT2D eigenvalue weighted by molar-refractivity contribution is 0.0532. The molecule has 0 saturated heterocycles. The van der Waals surface area contributed by atoms with Crippen LogP contribution in [0.1, 0.15) is 44.9 Å². The van der Waals surface area contributed by atoms with Crippen LogP contribution in [-0.4, -0.2) is 31.8 Å². The average Bonchev–Trinajstić information content (AvgIpc) is 3.41. The highest BCUT2D eigenvalue weighted by Crippen LogP contribution is 2.44. The third kappa shape index (κ3) is 4.92. The minimum Gasteiger partial charge on any atom is -0.462 e. The lowest BCUT2D eigenvalue weighted by Crippen LogP contribution is -2.26. The summed E-state index contributed by atoms with van der Waals surface area (Å²) in [6.45, 7) is 2.93. The topological polar surface area (TPSA) is 64.6 Å². The molecule has 32 heavy (non-hydrogen) atoms. The number of ether oxygens (including phenoxy) is 2. The van der Waals surface area contributed by atoms with Crippen LogP contribution in [0.4, 0.5) is 4.79 Å². The zero-order valence-electron chi connectivity index (χ0n) is 17.9. The first kappa shape index (κ1) is 21.8. The Balaban J connectivity index is 1.23. The van der Waals surface area contributed by atoms with Gasteiger partial charge in [0.2, 0.25) is 0 Å². The standard InChI is InChI=1S/C26H25NO4S/c1-2-30-25(28)24-15-14-18(32-24)9-7-8-16-27-26(29)31-17-23-21-12-5-3-10-19(21)20-11-4-6-13-22(20)23/h3-7,9-15,23H,2,8,16-17H2,1H3,(H,27,29). The molecule has 0 fully saturated rings. The SMILES string of the molecule is CCOC(=O)c1ccc(C=CCCNC(=O)OCC2c3ccccc3-c3ccccc32)s1. The van der Waals surface area contributed by atoms with Crippen LogP contribution in [0.25, 0.3) is 17.2 Å². The van der Waals surface area contributed by atoms with E-state index in [0.717, 1.165) is 4.88 Å². The highest BCUT2D eigenvalue weighted by molar-refractivity contribution is 7.14. The number of carbonyl (C=O) groups is 2. The van der Waals surface area contributed by atoms with E-state index in [4.69, 9.17) is 9.47 Å². The molecule has 3 aromatic rings. The van der Waals surface area contributed by atoms with E-state index in [1.165, 1.54) is 33.6 Å². The van der Waals surface area contributed by atoms with E-state index >= 15 is 0 Å². The first-order valence-corrected chi connectivity index (χ1v) is 11.5. The van der Waals surface area contributed by atoms with Gasteiger partial charge in [-0.15, -0.1) is 11.3 Å². The molecule has 2 aromatic carbocycles. The number of hydrogen-bond acceptors (Lipinski definition) is 5. The molecule has 5 nitrogen and oxygen atoms in total. The fourth-order valence-electron chi connectivity index (χ4n) is 3.86. The maximum absolute atomic E-state index is 12.2. The lowest BCUT2D eigenvalue weighted by Gasteiger charge is -2.14. The molecule has 0 spiro atoms. The molecular formula is C26H25NO4S. The summed E-state index contributed by atoms with van der Waals surface area (Å²) >= 11 is 1.38. The molecule has 0 radical (unpaired) electrons. The Morgan fingerprint density at radius 2 is 1.66 bits per heavy atom. The monoisotopic (exact) mass is 447 g/mol. The number of amides is 1. The average molecular weight is 448 g/mol. The number of carbonyl (C=O) groups excluding carboxylic acids is 2. The third-order valence-corrected chi connectivity index (χ3v) is 6.34. The fourth-order valence-corrected chi connectivity index (χ4v) is 4.69. The highest BCUT2D eigenvalue weighted by Gasteiger charge is 2.28. The Bertz CT molecular complexity index is 1090. The second-order valence-electron chi connectivity index (χ2n) is 7.37. The molecule has 164 valence electrons. The molecule has 1 N–H and O–H groups in total. The Morgan fingerprint density at radius 1 is 0.969 bits per heavy atom. The van der Waals surface area contributed by atoms with Crippen molar-refractivity contribution in [1.29, 1.82) is 0 Å². The maximum atomic E-state index is 12.2. The molecule has 0 bridgehead atoms. The molecule has 1 heterocycles. The van der Waals surface area contributed by atoms with Gasteiger partial charge >= 0.3 is 12.1 Å². The van der Waals surface area contributed by atoms with Gasteiger partial charge in [0.15, 0.2) is 0 Å². The summed E-state index contributed by atoms with van der Waals surface area (Å²) in [5.41, 5.74) is 4.81. The number of rotatable bonds is 8. The Morgan fingerprint density at radius 3 is 2.34 bits per heavy atom. The van der Waals surface area contributed by atoms with E-state index in [1.54, 1.807) is 13.0 Å². The first-order chi connectivity index (χ1) is 15.7. The summed E-state index contributed by atoms with van der Waals surface area (Å²) in [5, 5.41) is 2.80. The van der Waals surface area contributed by atoms with Gasteiger partial charge in [-0.3, -0.25) is 0 Å². The Hall–Kier alpha value is -3.38. The second kappa shape index (κ2) is 10.3. The molecular weight excluding hydrogens is 422 g/mol. The van der Waals surface area contributed by atoms with E-state index in [1.807, 2.05) is 42.5 Å². The summed E-state index contributed by atoms with van der Waals surface area (Å²) in [6.07, 6.45) is 4.15. The molecule has 6 heteroatoms. The molecule has 4 rings (SSSR count). The fraction of sp³-hybridized carbons (Fsp3) is 0.231. The summed E-state index contributed by atoms with van der Waals surface area (Å²) in [6, 6.07) is 20.2. The second-order valence-corrected chi connectivity index (χ2v) is 8.48. The quantitative estimate of drug-likeness (QED) is 0.347. The first-order valence-electron chi connectivity index (χ1n) is 10.7. The predicted octanol–water partition coefficient (Wildman–Crippen LogP) is 5.87. The zero-order valence-corrected chi connectivity index (χ0v) is 18.7. The van der Waals surface area contributed by atoms with Crippen molar-refractivity contribution in [1.82, 2.24) is 5.32 Å². The van der Waals surface area contributed by atoms with Gasteiger partial charge in [0.25, 0.3) is 0 Å². The van der Waals surface area contributed by atoms with Crippen LogP contribution in [0, 0.1) is 0 Å². The van der Waals surface area contributed by atoms with Gasteiger partial charge < -0.3 is 14.8 Å². The van der Waals surface area contributed by atoms with Crippen molar-refractivity contribution < 1.29 is 19.1 Å². The van der Waals surface area contributed by atoms with E-state index in [9.17, 15) is 9.59 Å². The molecule has 0 atom stereocenters. The molecule has 0 unspecified atom stereocenters. The maximum Gasteiger partial charge on any atom is 0.407 e. The van der Waals surface area contributed by atoms with Crippen LogP contribution in [0.2, 0.25) is 0 Å². The molecule has 1 aromatic heterocycles. The zero-order chi connectivity index (χ0) is 22.3. The van der Waals surface area contributed by atoms with Crippen LogP contribution < -0.4 is 5.32 Å². The van der Waals surface area contributed by atoms with Gasteiger partial charge in [-0.25, -0.2) is 9.59 Å². The number of benzene rings is 2. The van der Waals surface area contributed by atoms with Gasteiger partial charge in [0.1, 0.15) is 11.5 Å². The lowest BCUT2D eigenvalue weighted by atomic mass is 9.98. The summed E-state index contributed by atoms with van der Waals surface area (Å²) < 4.78 is 10.5. The molecule has 1 aliphatic rings. The number of fused-ring (bicyclic) bond motifs is 3. The van der Waals surface area contributed by atoms with Crippen molar-refractivity contribution in [3.8, 4) is 11.1 Å². The van der Waals surface area contributed by atoms with Crippen molar-refractivity contribution in [2.24, 2.45) is 0 Å². The number of nitrogens with one attached hydrogen (secondary N) is 1. The normalized spacial score (nSPS) is 12.4. The van der Waals surface area contributed by atoms with E-state index in [-0.39, 0.29) is 11.9 Å². The van der Waals surface area contributed by atoms with Gasteiger partial charge in [0, 0.05) is 17.3 Å². The van der Waals surface area contributed by atoms with Gasteiger partial charge in [0.05, 0.1) is 6.61 Å². The van der Waals surface area contributed by atoms with Crippen molar-refractivity contribution in [2.45, 2.75) is 19.3 Å². The van der Waals surface area contributed by atoms with Crippen molar-refractivity contribution >= 4 is 29.5 Å². The summed E-state index contributed by atoms with van der Waals surface area (Å²) in [4.78, 5) is 25.4. The van der Waals surface area contributed by atoms with Crippen LogP contribution in [0.15, 0.2) is 66.7 Å². The molecule has 0 saturated carbocycles. The van der Waals surface area contributed by atoms with E-state index < -0.39 is 6.09 Å². The summed E-state index contributed by atoms with van der Waals surface area (Å²) in [7, 11) is 0. The number of esters is 1. The number of hydrogen-bond donors (Lipinski definition) is 1. The minimum atomic E-state index is -0.416. The van der Waals surface area contributed by atoms with Crippen molar-refractivity contribution in [3.05, 3.63) is 87.6 Å². The van der Waals surface area contributed by atoms with Crippen LogP contribution in [0.3, 0.4) is 0 Å². The summed E-state index contributed by atoms with van der Waals surface area (Å²) in [5.74, 6) is -0.241. The van der Waals surface area contributed by atoms with Crippen LogP contribution in [0.5, 0.6) is 0 Å². The van der Waals surface area contributed by atoms with Crippen LogP contribution >= 0.6 is 11.3 Å². The van der Waals surface area contributed by atoms with Crippen molar-refractivity contribution in [2.75, 3.05) is 19.8 Å². The van der Waals surface area contributed by atoms with Gasteiger partial charge in [-0.05, 0) is 53.8 Å². The van der Waals surface area contributed by atoms with Gasteiger partial charge in [-0.2, -0.15) is 0 Å². The molecule has 0 aliphatic heterocycles. The number of thiophene rings is 1. The van der Waals surface area contributed by atoms with Crippen LogP contribution in [-0.2, 0) is 9.47 Å². The van der Waals surface area contributed by atoms with Gasteiger partial charge in [-0.1, -0.05) is 54.6 Å². The third-order valence-electron chi connectivity index (χ3n) is 5.31. The highest BCUT2D eigenvalue weighted by atomic mass is 32.1. The minimum absolute atomic E-state index is 0.0560. The molecule has 1 aliphatic carbocycles. The largest absolute Gasteiger partial charge is 0.462 e. The van der Waals surface area contributed by atoms with Crippen molar-refractivity contribution in [3.63, 3.8) is 0 Å². The Kier molecular flexibility index (Phi) is 7.02. The molecule has 1 amide bonds. The smallest absolute Gasteiger partial charge is 0.407 e. The van der Waals surface area contributed by atoms with E-state index in [0.29, 0.717) is 31.1 Å². The van der Waals surface area contributed by atoms with E-state index in [2.05, 4.69) is 29.6 Å². The predicted molar refractivity (Wildman–Crippen MR) is 127 cm³/mol. The number of alkyl carbamates (subject to hydrolysis) is 1. The Labute approximate surface area is 191 Å².